The highest BCUT2D eigenvalue weighted by atomic mass is 127. The number of ether oxygens (including phenoxy) is 1. The van der Waals surface area contributed by atoms with Crippen molar-refractivity contribution in [3.05, 3.63) is 57.0 Å². The van der Waals surface area contributed by atoms with E-state index in [0.717, 1.165) is 8.96 Å². The molecule has 0 spiro atoms. The average Bonchev–Trinajstić information content (AvgIpc) is 2.93. The van der Waals surface area contributed by atoms with E-state index in [4.69, 9.17) is 16.3 Å². The van der Waals surface area contributed by atoms with Crippen molar-refractivity contribution in [3.63, 3.8) is 0 Å². The number of aryl methyl sites for hydroxylation is 1. The van der Waals surface area contributed by atoms with Gasteiger partial charge >= 0.3 is 0 Å². The van der Waals surface area contributed by atoms with Crippen molar-refractivity contribution < 1.29 is 9.53 Å². The second-order valence-electron chi connectivity index (χ2n) is 4.79. The lowest BCUT2D eigenvalue weighted by atomic mass is 10.2. The summed E-state index contributed by atoms with van der Waals surface area (Å²) >= 11 is 8.36. The van der Waals surface area contributed by atoms with Crippen LogP contribution in [0.4, 0.5) is 0 Å². The van der Waals surface area contributed by atoms with E-state index in [9.17, 15) is 4.79 Å². The van der Waals surface area contributed by atoms with Gasteiger partial charge in [-0.1, -0.05) is 11.6 Å². The zero-order chi connectivity index (χ0) is 15.7. The van der Waals surface area contributed by atoms with Gasteiger partial charge in [-0.2, -0.15) is 0 Å². The van der Waals surface area contributed by atoms with Crippen LogP contribution in [0.5, 0.6) is 5.75 Å². The Morgan fingerprint density at radius 2 is 2.23 bits per heavy atom. The molecule has 0 aliphatic carbocycles. The fourth-order valence-electron chi connectivity index (χ4n) is 2.25. The van der Waals surface area contributed by atoms with Crippen molar-refractivity contribution in [2.24, 2.45) is 7.05 Å². The maximum Gasteiger partial charge on any atom is 0.216 e. The molecule has 3 rings (SSSR count). The maximum absolute atomic E-state index is 12.2. The second kappa shape index (κ2) is 6.26. The van der Waals surface area contributed by atoms with Gasteiger partial charge in [0.1, 0.15) is 5.52 Å². The summed E-state index contributed by atoms with van der Waals surface area (Å²) < 4.78 is 8.35. The summed E-state index contributed by atoms with van der Waals surface area (Å²) in [4.78, 5) is 16.5. The van der Waals surface area contributed by atoms with Gasteiger partial charge in [0.2, 0.25) is 5.78 Å². The van der Waals surface area contributed by atoms with Crippen LogP contribution in [0.2, 0.25) is 5.02 Å². The lowest BCUT2D eigenvalue weighted by molar-refractivity contribution is 0.0914. The fraction of sp³-hybridized carbons (Fsp3) is 0.125. The van der Waals surface area contributed by atoms with E-state index in [-0.39, 0.29) is 12.4 Å². The third kappa shape index (κ3) is 2.83. The molecule has 0 saturated heterocycles. The zero-order valence-corrected chi connectivity index (χ0v) is 14.6. The molecule has 2 heterocycles. The van der Waals surface area contributed by atoms with Crippen LogP contribution in [0.25, 0.3) is 10.9 Å². The van der Waals surface area contributed by atoms with Crippen molar-refractivity contribution in [3.8, 4) is 5.75 Å². The number of Topliss-reactive ketones (excluding diaryl/α,β-unsaturated/α-hetero) is 1. The SMILES string of the molecule is Cn1cccc1C(=O)COc1c(I)cc(Cl)c2cccnc12. The monoisotopic (exact) mass is 426 g/mol. The topological polar surface area (TPSA) is 44.1 Å². The quantitative estimate of drug-likeness (QED) is 0.466. The second-order valence-corrected chi connectivity index (χ2v) is 6.35. The molecule has 1 aromatic carbocycles. The van der Waals surface area contributed by atoms with Crippen LogP contribution in [-0.4, -0.2) is 21.9 Å². The van der Waals surface area contributed by atoms with Crippen LogP contribution in [0.15, 0.2) is 42.7 Å². The minimum Gasteiger partial charge on any atom is -0.482 e. The molecule has 0 radical (unpaired) electrons. The number of hydrogen-bond donors (Lipinski definition) is 0. The first-order chi connectivity index (χ1) is 10.6. The lowest BCUT2D eigenvalue weighted by Crippen LogP contribution is -2.15. The van der Waals surface area contributed by atoms with Crippen molar-refractivity contribution in [2.75, 3.05) is 6.61 Å². The maximum atomic E-state index is 12.2. The first-order valence-corrected chi connectivity index (χ1v) is 8.03. The Labute approximate surface area is 146 Å². The minimum absolute atomic E-state index is 0.0405. The van der Waals surface area contributed by atoms with E-state index < -0.39 is 0 Å². The molecule has 0 bridgehead atoms. The summed E-state index contributed by atoms with van der Waals surface area (Å²) in [6.07, 6.45) is 3.51. The normalized spacial score (nSPS) is 10.9. The summed E-state index contributed by atoms with van der Waals surface area (Å²) in [6.45, 7) is -0.0405. The molecular formula is C16H12ClIN2O2. The van der Waals surface area contributed by atoms with Gasteiger partial charge in [0.25, 0.3) is 0 Å². The molecule has 112 valence electrons. The molecule has 0 aliphatic heterocycles. The highest BCUT2D eigenvalue weighted by molar-refractivity contribution is 14.1. The van der Waals surface area contributed by atoms with Crippen LogP contribution < -0.4 is 4.74 Å². The summed E-state index contributed by atoms with van der Waals surface area (Å²) in [7, 11) is 1.83. The molecule has 0 amide bonds. The number of halogens is 2. The van der Waals surface area contributed by atoms with Gasteiger partial charge in [-0.3, -0.25) is 9.78 Å². The van der Waals surface area contributed by atoms with Gasteiger partial charge in [-0.05, 0) is 52.9 Å². The molecule has 0 N–H and O–H groups in total. The zero-order valence-electron chi connectivity index (χ0n) is 11.7. The smallest absolute Gasteiger partial charge is 0.216 e. The molecule has 0 saturated carbocycles. The molecule has 0 aliphatic rings. The molecule has 6 heteroatoms. The van der Waals surface area contributed by atoms with Crippen LogP contribution >= 0.6 is 34.2 Å². The van der Waals surface area contributed by atoms with Crippen LogP contribution in [0, 0.1) is 3.57 Å². The van der Waals surface area contributed by atoms with Gasteiger partial charge in [0, 0.05) is 24.8 Å². The Bertz CT molecular complexity index is 860. The standard InChI is InChI=1S/C16H12ClIN2O2/c1-20-7-3-5-13(20)14(21)9-22-16-12(18)8-11(17)10-4-2-6-19-15(10)16/h2-8H,9H2,1H3. The summed E-state index contributed by atoms with van der Waals surface area (Å²) in [5.41, 5.74) is 1.28. The molecule has 0 fully saturated rings. The molecule has 3 aromatic rings. The first-order valence-electron chi connectivity index (χ1n) is 6.58. The number of nitrogens with zero attached hydrogens (tertiary/aromatic N) is 2. The van der Waals surface area contributed by atoms with Gasteiger partial charge in [0.15, 0.2) is 12.4 Å². The molecule has 0 unspecified atom stereocenters. The van der Waals surface area contributed by atoms with Crippen LogP contribution in [0.3, 0.4) is 0 Å². The van der Waals surface area contributed by atoms with Crippen molar-refractivity contribution in [2.45, 2.75) is 0 Å². The number of hydrogen-bond acceptors (Lipinski definition) is 3. The Kier molecular flexibility index (Phi) is 4.35. The van der Waals surface area contributed by atoms with E-state index in [0.29, 0.717) is 22.0 Å². The number of rotatable bonds is 4. The highest BCUT2D eigenvalue weighted by Gasteiger charge is 2.15. The van der Waals surface area contributed by atoms with Gasteiger partial charge in [-0.15, -0.1) is 0 Å². The predicted octanol–water partition coefficient (Wildman–Crippen LogP) is 4.09. The average molecular weight is 427 g/mol. The number of aromatic nitrogens is 2. The van der Waals surface area contributed by atoms with Crippen LogP contribution in [-0.2, 0) is 7.05 Å². The molecule has 22 heavy (non-hydrogen) atoms. The molecular weight excluding hydrogens is 415 g/mol. The number of benzene rings is 1. The lowest BCUT2D eigenvalue weighted by Gasteiger charge is -2.11. The van der Waals surface area contributed by atoms with E-state index >= 15 is 0 Å². The third-order valence-corrected chi connectivity index (χ3v) is 4.44. The Hall–Kier alpha value is -1.60. The van der Waals surface area contributed by atoms with E-state index in [1.807, 2.05) is 37.5 Å². The summed E-state index contributed by atoms with van der Waals surface area (Å²) in [6, 6.07) is 9.12. The molecule has 0 atom stereocenters. The number of fused-ring (bicyclic) bond motifs is 1. The highest BCUT2D eigenvalue weighted by Crippen LogP contribution is 2.34. The minimum atomic E-state index is -0.0812. The number of carbonyl (C=O) groups is 1. The van der Waals surface area contributed by atoms with Gasteiger partial charge in [0.05, 0.1) is 14.3 Å². The van der Waals surface area contributed by atoms with E-state index in [2.05, 4.69) is 27.6 Å². The fourth-order valence-corrected chi connectivity index (χ4v) is 3.41. The van der Waals surface area contributed by atoms with Gasteiger partial charge in [-0.25, -0.2) is 0 Å². The van der Waals surface area contributed by atoms with E-state index in [1.165, 1.54) is 0 Å². The van der Waals surface area contributed by atoms with Crippen molar-refractivity contribution in [1.82, 2.24) is 9.55 Å². The largest absolute Gasteiger partial charge is 0.482 e. The Morgan fingerprint density at radius 1 is 1.41 bits per heavy atom. The van der Waals surface area contributed by atoms with Gasteiger partial charge < -0.3 is 9.30 Å². The summed E-state index contributed by atoms with van der Waals surface area (Å²) in [5.74, 6) is 0.505. The van der Waals surface area contributed by atoms with Crippen molar-refractivity contribution >= 4 is 50.9 Å². The summed E-state index contributed by atoms with van der Waals surface area (Å²) in [5, 5.41) is 1.43. The Balaban J connectivity index is 1.91. The predicted molar refractivity (Wildman–Crippen MR) is 94.7 cm³/mol. The first kappa shape index (κ1) is 15.3. The Morgan fingerprint density at radius 3 is 2.95 bits per heavy atom. The van der Waals surface area contributed by atoms with Crippen LogP contribution in [0.1, 0.15) is 10.5 Å². The number of pyridine rings is 1. The molecule has 4 nitrogen and oxygen atoms in total. The third-order valence-electron chi connectivity index (χ3n) is 3.33. The number of carbonyl (C=O) groups excluding carboxylic acids is 1. The molecule has 2 aromatic heterocycles. The number of ketones is 1. The van der Waals surface area contributed by atoms with Crippen molar-refractivity contribution in [1.29, 1.82) is 0 Å². The van der Waals surface area contributed by atoms with E-state index in [1.54, 1.807) is 16.8 Å².